The molecular weight excluding hydrogens is 426 g/mol. The van der Waals surface area contributed by atoms with Crippen LogP contribution in [0, 0.1) is 5.41 Å². The number of rotatable bonds is 11. The van der Waals surface area contributed by atoms with Crippen molar-refractivity contribution in [2.75, 3.05) is 40.6 Å². The summed E-state index contributed by atoms with van der Waals surface area (Å²) in [5.74, 6) is 1.21. The number of aliphatic hydroxyl groups is 3. The lowest BCUT2D eigenvalue weighted by Gasteiger charge is -2.48. The molecule has 3 N–H and O–H groups in total. The molecule has 8 nitrogen and oxygen atoms in total. The van der Waals surface area contributed by atoms with E-state index in [1.165, 1.54) is 0 Å². The van der Waals surface area contributed by atoms with Crippen LogP contribution in [0.2, 0.25) is 0 Å². The first kappa shape index (κ1) is 25.5. The Morgan fingerprint density at radius 1 is 1.21 bits per heavy atom. The van der Waals surface area contributed by atoms with Gasteiger partial charge >= 0.3 is 0 Å². The normalized spacial score (nSPS) is 21.0. The van der Waals surface area contributed by atoms with Gasteiger partial charge in [0.15, 0.2) is 17.8 Å². The lowest BCUT2D eigenvalue weighted by Crippen LogP contribution is -2.49. The molecule has 0 aromatic heterocycles. The van der Waals surface area contributed by atoms with Gasteiger partial charge in [-0.3, -0.25) is 0 Å². The third-order valence-corrected chi connectivity index (χ3v) is 6.23. The Morgan fingerprint density at radius 2 is 1.97 bits per heavy atom. The lowest BCUT2D eigenvalue weighted by molar-refractivity contribution is -0.0772. The molecule has 0 amide bonds. The molecule has 0 saturated heterocycles. The Kier molecular flexibility index (Phi) is 8.42. The number of aliphatic hydroxyl groups excluding tert-OH is 3. The van der Waals surface area contributed by atoms with Crippen molar-refractivity contribution in [2.45, 2.75) is 52.0 Å². The zero-order valence-corrected chi connectivity index (χ0v) is 20.2. The van der Waals surface area contributed by atoms with E-state index in [1.54, 1.807) is 27.2 Å². The Labute approximate surface area is 196 Å². The molecule has 2 aliphatic rings. The summed E-state index contributed by atoms with van der Waals surface area (Å²) in [6, 6.07) is 3.90. The molecule has 1 aromatic rings. The van der Waals surface area contributed by atoms with Gasteiger partial charge in [0.25, 0.3) is 0 Å². The van der Waals surface area contributed by atoms with Crippen LogP contribution in [0.25, 0.3) is 5.70 Å². The van der Waals surface area contributed by atoms with Crippen molar-refractivity contribution in [2.24, 2.45) is 5.41 Å². The first-order valence-corrected chi connectivity index (χ1v) is 11.4. The monoisotopic (exact) mass is 463 g/mol. The summed E-state index contributed by atoms with van der Waals surface area (Å²) in [6.45, 7) is 7.40. The highest BCUT2D eigenvalue weighted by Gasteiger charge is 2.42. The molecule has 1 aromatic carbocycles. The summed E-state index contributed by atoms with van der Waals surface area (Å²) in [5.41, 5.74) is 3.00. The maximum absolute atomic E-state index is 10.8. The number of fused-ring (bicyclic) bond motifs is 3. The number of ether oxygens (including phenoxy) is 4. The van der Waals surface area contributed by atoms with Gasteiger partial charge in [-0.15, -0.1) is 0 Å². The van der Waals surface area contributed by atoms with Gasteiger partial charge < -0.3 is 39.2 Å². The first-order valence-electron chi connectivity index (χ1n) is 11.4. The zero-order chi connectivity index (χ0) is 24.2. The van der Waals surface area contributed by atoms with E-state index in [4.69, 9.17) is 24.1 Å². The predicted octanol–water partition coefficient (Wildman–Crippen LogP) is 2.31. The van der Waals surface area contributed by atoms with E-state index in [9.17, 15) is 10.2 Å². The largest absolute Gasteiger partial charge is 0.493 e. The van der Waals surface area contributed by atoms with Gasteiger partial charge in [0, 0.05) is 61.2 Å². The van der Waals surface area contributed by atoms with E-state index in [0.717, 1.165) is 16.8 Å². The van der Waals surface area contributed by atoms with Crippen molar-refractivity contribution < 1.29 is 34.3 Å². The summed E-state index contributed by atoms with van der Waals surface area (Å²) in [4.78, 5) is 2.11. The minimum Gasteiger partial charge on any atom is -0.493 e. The highest BCUT2D eigenvalue weighted by atomic mass is 16.6. The molecule has 3 unspecified atom stereocenters. The fourth-order valence-electron chi connectivity index (χ4n) is 4.55. The highest BCUT2D eigenvalue weighted by molar-refractivity contribution is 5.75. The van der Waals surface area contributed by atoms with Gasteiger partial charge in [0.05, 0.1) is 20.3 Å². The van der Waals surface area contributed by atoms with Gasteiger partial charge in [-0.1, -0.05) is 13.8 Å². The van der Waals surface area contributed by atoms with Crippen LogP contribution in [0.4, 0.5) is 0 Å². The van der Waals surface area contributed by atoms with Crippen LogP contribution < -0.4 is 9.47 Å². The maximum Gasteiger partial charge on any atom is 0.181 e. The van der Waals surface area contributed by atoms with Crippen molar-refractivity contribution in [1.82, 2.24) is 4.90 Å². The minimum absolute atomic E-state index is 0.00814. The second-order valence-electron chi connectivity index (χ2n) is 9.07. The molecule has 2 aliphatic heterocycles. The number of benzene rings is 1. The van der Waals surface area contributed by atoms with Crippen LogP contribution in [0.15, 0.2) is 30.0 Å². The molecule has 8 heteroatoms. The topological polar surface area (TPSA) is 101 Å². The van der Waals surface area contributed by atoms with E-state index >= 15 is 0 Å². The van der Waals surface area contributed by atoms with E-state index < -0.39 is 12.4 Å². The minimum atomic E-state index is -1.19. The highest BCUT2D eigenvalue weighted by Crippen LogP contribution is 2.46. The van der Waals surface area contributed by atoms with Crippen LogP contribution in [-0.4, -0.2) is 79.3 Å². The molecular formula is C25H37NO7. The molecule has 3 atom stereocenters. The fraction of sp³-hybridized carbons (Fsp3) is 0.600. The third kappa shape index (κ3) is 5.36. The molecule has 184 valence electrons. The summed E-state index contributed by atoms with van der Waals surface area (Å²) < 4.78 is 22.4. The molecule has 0 spiro atoms. The quantitative estimate of drug-likeness (QED) is 0.340. The first-order chi connectivity index (χ1) is 15.8. The van der Waals surface area contributed by atoms with E-state index in [-0.39, 0.29) is 18.1 Å². The van der Waals surface area contributed by atoms with Crippen molar-refractivity contribution in [3.63, 3.8) is 0 Å². The van der Waals surface area contributed by atoms with Gasteiger partial charge in [-0.25, -0.2) is 0 Å². The van der Waals surface area contributed by atoms with Crippen LogP contribution in [-0.2, 0) is 15.9 Å². The molecule has 0 aliphatic carbocycles. The van der Waals surface area contributed by atoms with Gasteiger partial charge in [-0.2, -0.15) is 0 Å². The second-order valence-corrected chi connectivity index (χ2v) is 9.07. The number of hydrogen-bond donors (Lipinski definition) is 3. The van der Waals surface area contributed by atoms with Crippen molar-refractivity contribution in [1.29, 1.82) is 0 Å². The summed E-state index contributed by atoms with van der Waals surface area (Å²) in [6.07, 6.45) is 2.62. The van der Waals surface area contributed by atoms with Gasteiger partial charge in [-0.05, 0) is 37.1 Å². The molecule has 0 bridgehead atoms. The SMILES string of the molecule is CCOC(O)C1=CN2C(=CC1O)c1cc(OC)c(OCCCO)cc1CC2C(C)(C)COC. The average molecular weight is 464 g/mol. The molecule has 3 rings (SSSR count). The van der Waals surface area contributed by atoms with Crippen LogP contribution in [0.1, 0.15) is 38.3 Å². The summed E-state index contributed by atoms with van der Waals surface area (Å²) in [5, 5.41) is 30.4. The van der Waals surface area contributed by atoms with Gasteiger partial charge in [0.1, 0.15) is 6.10 Å². The summed E-state index contributed by atoms with van der Waals surface area (Å²) >= 11 is 0. The Morgan fingerprint density at radius 3 is 2.61 bits per heavy atom. The van der Waals surface area contributed by atoms with Gasteiger partial charge in [0.2, 0.25) is 0 Å². The third-order valence-electron chi connectivity index (χ3n) is 6.23. The Balaban J connectivity index is 2.09. The lowest BCUT2D eigenvalue weighted by atomic mass is 9.76. The Hall–Kier alpha value is -2.10. The standard InChI is InChI=1S/C25H37NO7/c1-6-32-24(29)18-14-26-19(13-20(18)28)17-12-21(31-5)22(33-9-7-8-27)10-16(17)11-23(26)25(2,3)15-30-4/h10,12-14,20,23-24,27-29H,6-9,11,15H2,1-5H3. The van der Waals surface area contributed by atoms with Crippen LogP contribution in [0.5, 0.6) is 11.5 Å². The Bertz CT molecular complexity index is 880. The van der Waals surface area contributed by atoms with Crippen molar-refractivity contribution in [3.8, 4) is 11.5 Å². The summed E-state index contributed by atoms with van der Waals surface area (Å²) in [7, 11) is 3.28. The van der Waals surface area contributed by atoms with E-state index in [0.29, 0.717) is 49.7 Å². The van der Waals surface area contributed by atoms with Crippen LogP contribution in [0.3, 0.4) is 0 Å². The molecule has 33 heavy (non-hydrogen) atoms. The number of hydrogen-bond acceptors (Lipinski definition) is 8. The smallest absolute Gasteiger partial charge is 0.181 e. The molecule has 0 saturated carbocycles. The molecule has 2 heterocycles. The molecule has 0 fully saturated rings. The maximum atomic E-state index is 10.8. The van der Waals surface area contributed by atoms with E-state index in [1.807, 2.05) is 18.3 Å². The van der Waals surface area contributed by atoms with Crippen LogP contribution >= 0.6 is 0 Å². The van der Waals surface area contributed by atoms with Crippen molar-refractivity contribution >= 4 is 5.70 Å². The molecule has 0 radical (unpaired) electrons. The average Bonchev–Trinajstić information content (AvgIpc) is 2.77. The van der Waals surface area contributed by atoms with Crippen molar-refractivity contribution in [3.05, 3.63) is 41.1 Å². The number of methoxy groups -OCH3 is 2. The zero-order valence-electron chi connectivity index (χ0n) is 20.2. The second kappa shape index (κ2) is 10.9. The van der Waals surface area contributed by atoms with E-state index in [2.05, 4.69) is 18.7 Å². The number of nitrogens with zero attached hydrogens (tertiary/aromatic N) is 1. The fourth-order valence-corrected chi connectivity index (χ4v) is 4.55. The predicted molar refractivity (Wildman–Crippen MR) is 125 cm³/mol.